The highest BCUT2D eigenvalue weighted by Crippen LogP contribution is 2.14. The molecule has 0 amide bonds. The number of nitrogens with zero attached hydrogens (tertiary/aromatic N) is 1. The molecule has 2 rings (SSSR count). The van der Waals surface area contributed by atoms with Crippen LogP contribution in [0.5, 0.6) is 0 Å². The number of rotatable bonds is 2. The van der Waals surface area contributed by atoms with Crippen molar-refractivity contribution in [2.24, 2.45) is 0 Å². The molecule has 0 aliphatic carbocycles. The molecule has 82 valence electrons. The summed E-state index contributed by atoms with van der Waals surface area (Å²) in [5.74, 6) is 0. The Kier molecular flexibility index (Phi) is 3.99. The lowest BCUT2D eigenvalue weighted by molar-refractivity contribution is 0.0792. The van der Waals surface area contributed by atoms with Crippen molar-refractivity contribution in [1.82, 2.24) is 4.90 Å². The maximum atomic E-state index is 9.40. The molecule has 0 atom stereocenters. The number of benzene rings is 1. The van der Waals surface area contributed by atoms with Gasteiger partial charge in [-0.3, -0.25) is 4.90 Å². The SMILES string of the molecule is OC1CCN(Cc2ccc(I)cc2)CC1. The number of hydrogen-bond acceptors (Lipinski definition) is 2. The largest absolute Gasteiger partial charge is 0.393 e. The van der Waals surface area contributed by atoms with Crippen LogP contribution in [0.1, 0.15) is 18.4 Å². The summed E-state index contributed by atoms with van der Waals surface area (Å²) in [6, 6.07) is 8.67. The minimum Gasteiger partial charge on any atom is -0.393 e. The van der Waals surface area contributed by atoms with Crippen LogP contribution in [0.15, 0.2) is 24.3 Å². The first kappa shape index (κ1) is 11.4. The van der Waals surface area contributed by atoms with Crippen molar-refractivity contribution in [1.29, 1.82) is 0 Å². The van der Waals surface area contributed by atoms with Gasteiger partial charge in [-0.25, -0.2) is 0 Å². The third kappa shape index (κ3) is 3.43. The average Bonchev–Trinajstić information content (AvgIpc) is 2.25. The summed E-state index contributed by atoms with van der Waals surface area (Å²) >= 11 is 2.32. The monoisotopic (exact) mass is 317 g/mol. The molecule has 1 aromatic rings. The lowest BCUT2D eigenvalue weighted by Crippen LogP contribution is -2.35. The lowest BCUT2D eigenvalue weighted by atomic mass is 10.1. The van der Waals surface area contributed by atoms with Gasteiger partial charge in [-0.1, -0.05) is 12.1 Å². The van der Waals surface area contributed by atoms with Gasteiger partial charge in [-0.2, -0.15) is 0 Å². The Labute approximate surface area is 104 Å². The van der Waals surface area contributed by atoms with Crippen LogP contribution in [0.4, 0.5) is 0 Å². The third-order valence-corrected chi connectivity index (χ3v) is 3.60. The fraction of sp³-hybridized carbons (Fsp3) is 0.500. The molecule has 1 fully saturated rings. The van der Waals surface area contributed by atoms with Crippen LogP contribution in [0, 0.1) is 3.57 Å². The first-order valence-corrected chi connectivity index (χ1v) is 6.47. The van der Waals surface area contributed by atoms with E-state index in [1.807, 2.05) is 0 Å². The van der Waals surface area contributed by atoms with Gasteiger partial charge in [0.1, 0.15) is 0 Å². The van der Waals surface area contributed by atoms with Crippen LogP contribution in [0.25, 0.3) is 0 Å². The van der Waals surface area contributed by atoms with Crippen LogP contribution < -0.4 is 0 Å². The highest BCUT2D eigenvalue weighted by molar-refractivity contribution is 14.1. The van der Waals surface area contributed by atoms with E-state index in [1.165, 1.54) is 9.13 Å². The van der Waals surface area contributed by atoms with Crippen LogP contribution in [0.3, 0.4) is 0 Å². The van der Waals surface area contributed by atoms with Gasteiger partial charge < -0.3 is 5.11 Å². The van der Waals surface area contributed by atoms with E-state index in [4.69, 9.17) is 0 Å². The molecule has 3 heteroatoms. The first-order chi connectivity index (χ1) is 7.24. The zero-order valence-electron chi connectivity index (χ0n) is 8.69. The third-order valence-electron chi connectivity index (χ3n) is 2.88. The van der Waals surface area contributed by atoms with E-state index in [0.717, 1.165) is 32.5 Å². The highest BCUT2D eigenvalue weighted by Gasteiger charge is 2.16. The van der Waals surface area contributed by atoms with Crippen LogP contribution in [0.2, 0.25) is 0 Å². The van der Waals surface area contributed by atoms with E-state index in [1.54, 1.807) is 0 Å². The van der Waals surface area contributed by atoms with Gasteiger partial charge >= 0.3 is 0 Å². The second kappa shape index (κ2) is 5.27. The molecule has 1 aliphatic rings. The number of halogens is 1. The smallest absolute Gasteiger partial charge is 0.0564 e. The molecule has 2 nitrogen and oxygen atoms in total. The molecule has 0 radical (unpaired) electrons. The van der Waals surface area contributed by atoms with Crippen molar-refractivity contribution in [3.05, 3.63) is 33.4 Å². The predicted octanol–water partition coefficient (Wildman–Crippen LogP) is 2.25. The van der Waals surface area contributed by atoms with E-state index in [9.17, 15) is 5.11 Å². The first-order valence-electron chi connectivity index (χ1n) is 5.39. The van der Waals surface area contributed by atoms with E-state index >= 15 is 0 Å². The number of likely N-dealkylation sites (tertiary alicyclic amines) is 1. The Bertz CT molecular complexity index is 304. The Morgan fingerprint density at radius 1 is 1.20 bits per heavy atom. The summed E-state index contributed by atoms with van der Waals surface area (Å²) in [7, 11) is 0. The topological polar surface area (TPSA) is 23.5 Å². The summed E-state index contributed by atoms with van der Waals surface area (Å²) in [6.45, 7) is 3.06. The van der Waals surface area contributed by atoms with Crippen LogP contribution in [-0.4, -0.2) is 29.2 Å². The fourth-order valence-electron chi connectivity index (χ4n) is 1.93. The summed E-state index contributed by atoms with van der Waals surface area (Å²) < 4.78 is 1.28. The number of aliphatic hydroxyl groups is 1. The molecule has 0 bridgehead atoms. The molecule has 1 N–H and O–H groups in total. The molecule has 1 heterocycles. The molecular formula is C12H16INO. The number of hydrogen-bond donors (Lipinski definition) is 1. The second-order valence-corrected chi connectivity index (χ2v) is 5.38. The van der Waals surface area contributed by atoms with Gasteiger partial charge in [0, 0.05) is 23.2 Å². The number of piperidine rings is 1. The molecule has 0 saturated carbocycles. The summed E-state index contributed by atoms with van der Waals surface area (Å²) in [6.07, 6.45) is 1.77. The van der Waals surface area contributed by atoms with E-state index in [2.05, 4.69) is 51.8 Å². The second-order valence-electron chi connectivity index (χ2n) is 4.13. The Morgan fingerprint density at radius 3 is 2.40 bits per heavy atom. The average molecular weight is 317 g/mol. The molecule has 1 aromatic carbocycles. The van der Waals surface area contributed by atoms with Gasteiger partial charge in [-0.15, -0.1) is 0 Å². The van der Waals surface area contributed by atoms with Gasteiger partial charge in [0.25, 0.3) is 0 Å². The zero-order chi connectivity index (χ0) is 10.7. The summed E-state index contributed by atoms with van der Waals surface area (Å²) in [5.41, 5.74) is 1.37. The quantitative estimate of drug-likeness (QED) is 0.846. The van der Waals surface area contributed by atoms with Crippen molar-refractivity contribution in [3.63, 3.8) is 0 Å². The van der Waals surface area contributed by atoms with E-state index in [-0.39, 0.29) is 6.10 Å². The number of aliphatic hydroxyl groups excluding tert-OH is 1. The molecule has 1 aliphatic heterocycles. The van der Waals surface area contributed by atoms with Crippen molar-refractivity contribution in [3.8, 4) is 0 Å². The fourth-order valence-corrected chi connectivity index (χ4v) is 2.29. The molecule has 1 saturated heterocycles. The molecule has 0 unspecified atom stereocenters. The summed E-state index contributed by atoms with van der Waals surface area (Å²) in [4.78, 5) is 2.41. The highest BCUT2D eigenvalue weighted by atomic mass is 127. The molecular weight excluding hydrogens is 301 g/mol. The van der Waals surface area contributed by atoms with Gasteiger partial charge in [-0.05, 0) is 53.1 Å². The molecule has 0 aromatic heterocycles. The Morgan fingerprint density at radius 2 is 1.80 bits per heavy atom. The van der Waals surface area contributed by atoms with Crippen molar-refractivity contribution < 1.29 is 5.11 Å². The predicted molar refractivity (Wildman–Crippen MR) is 69.7 cm³/mol. The maximum Gasteiger partial charge on any atom is 0.0564 e. The van der Waals surface area contributed by atoms with Crippen LogP contribution in [-0.2, 0) is 6.54 Å². The lowest BCUT2D eigenvalue weighted by Gasteiger charge is -2.29. The van der Waals surface area contributed by atoms with Gasteiger partial charge in [0.15, 0.2) is 0 Å². The molecule has 0 spiro atoms. The normalized spacial score (nSPS) is 19.3. The van der Waals surface area contributed by atoms with Crippen molar-refractivity contribution >= 4 is 22.6 Å². The maximum absolute atomic E-state index is 9.40. The minimum atomic E-state index is -0.0713. The van der Waals surface area contributed by atoms with Gasteiger partial charge in [0.2, 0.25) is 0 Å². The van der Waals surface area contributed by atoms with E-state index < -0.39 is 0 Å². The minimum absolute atomic E-state index is 0.0713. The molecule has 15 heavy (non-hydrogen) atoms. The van der Waals surface area contributed by atoms with E-state index in [0.29, 0.717) is 0 Å². The van der Waals surface area contributed by atoms with Gasteiger partial charge in [0.05, 0.1) is 6.10 Å². The Balaban J connectivity index is 1.89. The zero-order valence-corrected chi connectivity index (χ0v) is 10.9. The van der Waals surface area contributed by atoms with Crippen molar-refractivity contribution in [2.45, 2.75) is 25.5 Å². The standard InChI is InChI=1S/C12H16INO/c13-11-3-1-10(2-4-11)9-14-7-5-12(15)6-8-14/h1-4,12,15H,5-9H2. The van der Waals surface area contributed by atoms with Crippen molar-refractivity contribution in [2.75, 3.05) is 13.1 Å². The summed E-state index contributed by atoms with van der Waals surface area (Å²) in [5, 5.41) is 9.40. The Hall–Kier alpha value is -0.130. The van der Waals surface area contributed by atoms with Crippen LogP contribution >= 0.6 is 22.6 Å².